The van der Waals surface area contributed by atoms with Crippen molar-refractivity contribution in [3.05, 3.63) is 120 Å². The molecule has 4 aromatic rings. The number of nitrogens with zero attached hydrogens (tertiary/aromatic N) is 2. The number of hydrogen-bond donors (Lipinski definition) is 2. The molecule has 0 spiro atoms. The Morgan fingerprint density at radius 2 is 0.867 bits per heavy atom. The maximum absolute atomic E-state index is 10.4. The zero-order valence-corrected chi connectivity index (χ0v) is 25.1. The van der Waals surface area contributed by atoms with Crippen molar-refractivity contribution in [1.29, 1.82) is 0 Å². The Hall–Kier alpha value is -5.43. The van der Waals surface area contributed by atoms with Crippen LogP contribution in [0.3, 0.4) is 0 Å². The number of ether oxygens (including phenoxy) is 2. The summed E-state index contributed by atoms with van der Waals surface area (Å²) in [6.45, 7) is 0. The molecule has 17 heteroatoms. The third-order valence-corrected chi connectivity index (χ3v) is 4.54. The van der Waals surface area contributed by atoms with E-state index in [1.807, 2.05) is 0 Å². The number of nitrogens with two attached hydrogens (primary N) is 2. The van der Waals surface area contributed by atoms with E-state index in [9.17, 15) is 29.4 Å². The molecule has 0 fully saturated rings. The second-order valence-electron chi connectivity index (χ2n) is 7.24. The van der Waals surface area contributed by atoms with Crippen LogP contribution >= 0.6 is 0 Å². The number of rotatable bonds is 6. The first-order valence-electron chi connectivity index (χ1n) is 11.2. The van der Waals surface area contributed by atoms with Gasteiger partial charge in [-0.1, -0.05) is 0 Å². The number of aromatic carboxylic acids is 2. The van der Waals surface area contributed by atoms with E-state index in [2.05, 4.69) is 9.97 Å². The number of primary amides is 2. The largest absolute Gasteiger partial charge is 2.00 e. The number of carbonyl (C=O) groups is 4. The molecule has 0 atom stereocenters. The molecule has 2 heterocycles. The van der Waals surface area contributed by atoms with Gasteiger partial charge in [-0.05, 0) is 83.9 Å². The summed E-state index contributed by atoms with van der Waals surface area (Å²) in [6, 6.07) is 18.6. The molecule has 0 saturated heterocycles. The Balaban J connectivity index is -0.000000153. The molecular weight excluding hydrogens is 643 g/mol. The molecular formula is C28H36CoN4O12+2. The van der Waals surface area contributed by atoms with E-state index in [0.29, 0.717) is 22.6 Å². The minimum atomic E-state index is -1.17. The van der Waals surface area contributed by atoms with Gasteiger partial charge in [0.05, 0.1) is 37.3 Å². The van der Waals surface area contributed by atoms with Gasteiger partial charge in [0, 0.05) is 24.8 Å². The standard InChI is InChI=1S/2C8H8O3.2C6H6N2O.Co.4H2O/c2*1-11-7-4-2-6(3-5-7)8(9)10;2*7-6(9)5-2-1-3-8-4-5;;;;;/h2*2-5H,1H3,(H,9,10);2*1-4H,(H2,7,9);;4*1H2/q;;;;+2;;;;. The van der Waals surface area contributed by atoms with Crippen molar-refractivity contribution in [1.82, 2.24) is 9.97 Å². The van der Waals surface area contributed by atoms with Crippen molar-refractivity contribution in [2.45, 2.75) is 0 Å². The molecule has 0 aliphatic heterocycles. The summed E-state index contributed by atoms with van der Waals surface area (Å²) in [6.07, 6.45) is 6.05. The number of aromatic nitrogens is 2. The Bertz CT molecular complexity index is 1260. The second kappa shape index (κ2) is 27.4. The first kappa shape index (κ1) is 49.3. The maximum atomic E-state index is 10.4. The molecule has 0 aliphatic rings. The molecule has 1 radical (unpaired) electrons. The van der Waals surface area contributed by atoms with E-state index in [-0.39, 0.29) is 49.8 Å². The average Bonchev–Trinajstić information content (AvgIpc) is 2.99. The predicted molar refractivity (Wildman–Crippen MR) is 157 cm³/mol. The number of benzene rings is 2. The van der Waals surface area contributed by atoms with Crippen LogP contribution in [0.4, 0.5) is 0 Å². The van der Waals surface area contributed by atoms with Gasteiger partial charge >= 0.3 is 16.8 Å². The molecule has 16 nitrogen and oxygen atoms in total. The number of carboxylic acids is 2. The third kappa shape index (κ3) is 20.2. The molecule has 4 rings (SSSR count). The van der Waals surface area contributed by atoms with Gasteiger partial charge < -0.3 is 62.6 Å². The second-order valence-corrected chi connectivity index (χ2v) is 7.24. The Kier molecular flexibility index (Phi) is 30.0. The van der Waals surface area contributed by atoms with Crippen LogP contribution in [0.25, 0.3) is 0 Å². The van der Waals surface area contributed by atoms with Gasteiger partial charge in [0.1, 0.15) is 11.5 Å². The van der Waals surface area contributed by atoms with Gasteiger partial charge in [0.25, 0.3) is 0 Å². The van der Waals surface area contributed by atoms with E-state index in [4.69, 9.17) is 20.9 Å². The number of methoxy groups -OCH3 is 2. The van der Waals surface area contributed by atoms with E-state index in [1.165, 1.54) is 50.9 Å². The van der Waals surface area contributed by atoms with Gasteiger partial charge in [-0.2, -0.15) is 0 Å². The normalized spacial score (nSPS) is 8.04. The van der Waals surface area contributed by atoms with Crippen LogP contribution in [0.5, 0.6) is 11.5 Å². The van der Waals surface area contributed by atoms with Gasteiger partial charge in [-0.3, -0.25) is 19.6 Å². The Morgan fingerprint density at radius 3 is 1.02 bits per heavy atom. The van der Waals surface area contributed by atoms with Gasteiger partial charge in [-0.25, -0.2) is 0 Å². The Labute approximate surface area is 268 Å². The quantitative estimate of drug-likeness (QED) is 0.194. The fourth-order valence-corrected chi connectivity index (χ4v) is 2.47. The molecule has 0 unspecified atom stereocenters. The van der Waals surface area contributed by atoms with Gasteiger partial charge in [0.2, 0.25) is 11.8 Å². The molecule has 14 N–H and O–H groups in total. The van der Waals surface area contributed by atoms with Crippen molar-refractivity contribution >= 4 is 23.8 Å². The summed E-state index contributed by atoms with van der Waals surface area (Å²) < 4.78 is 9.67. The van der Waals surface area contributed by atoms with Crippen LogP contribution in [0.2, 0.25) is 0 Å². The predicted octanol–water partition coefficient (Wildman–Crippen LogP) is -3.02. The van der Waals surface area contributed by atoms with E-state index in [1.54, 1.807) is 60.9 Å². The summed E-state index contributed by atoms with van der Waals surface area (Å²) in [5.41, 5.74) is 11.1. The molecule has 0 aliphatic carbocycles. The van der Waals surface area contributed by atoms with E-state index in [0.717, 1.165) is 0 Å². The smallest absolute Gasteiger partial charge is 0.545 e. The zero-order chi connectivity index (χ0) is 29.9. The molecule has 0 saturated carbocycles. The van der Waals surface area contributed by atoms with Crippen LogP contribution < -0.4 is 31.2 Å². The topological polar surface area (TPSA) is 340 Å². The molecule has 2 aromatic carbocycles. The van der Waals surface area contributed by atoms with Crippen molar-refractivity contribution < 1.29 is 77.5 Å². The van der Waals surface area contributed by atoms with E-state index < -0.39 is 23.8 Å². The van der Waals surface area contributed by atoms with Crippen molar-refractivity contribution in [2.75, 3.05) is 14.2 Å². The van der Waals surface area contributed by atoms with Crippen LogP contribution in [0.15, 0.2) is 97.6 Å². The number of pyridine rings is 2. The monoisotopic (exact) mass is 679 g/mol. The third-order valence-electron chi connectivity index (χ3n) is 4.54. The maximum Gasteiger partial charge on any atom is 2.00 e. The number of hydrogen-bond acceptors (Lipinski definition) is 10. The van der Waals surface area contributed by atoms with Crippen LogP contribution in [0, 0.1) is 0 Å². The number of carboxylic acid groups (broad SMARTS) is 2. The van der Waals surface area contributed by atoms with Crippen molar-refractivity contribution in [2.24, 2.45) is 11.5 Å². The van der Waals surface area contributed by atoms with Gasteiger partial charge in [-0.15, -0.1) is 0 Å². The van der Waals surface area contributed by atoms with Crippen molar-refractivity contribution in [3.63, 3.8) is 0 Å². The SMILES string of the molecule is COc1ccc(C(=O)[O-])cc1.COc1ccc(C(=O)[O-])cc1.NC(=O)c1cccnc1.NC(=O)c1cccnc1.O.O.[Co+2].[OH3+].[OH3+]. The average molecular weight is 680 g/mol. The zero-order valence-electron chi connectivity index (χ0n) is 24.0. The summed E-state index contributed by atoms with van der Waals surface area (Å²) in [4.78, 5) is 48.7. The van der Waals surface area contributed by atoms with Gasteiger partial charge in [0.15, 0.2) is 0 Å². The Morgan fingerprint density at radius 1 is 0.578 bits per heavy atom. The fourth-order valence-electron chi connectivity index (χ4n) is 2.47. The molecule has 247 valence electrons. The summed E-state index contributed by atoms with van der Waals surface area (Å²) in [7, 11) is 3.04. The van der Waals surface area contributed by atoms with Crippen molar-refractivity contribution in [3.8, 4) is 11.5 Å². The van der Waals surface area contributed by atoms with E-state index >= 15 is 0 Å². The first-order chi connectivity index (χ1) is 19.1. The minimum Gasteiger partial charge on any atom is -0.545 e. The summed E-state index contributed by atoms with van der Waals surface area (Å²) in [5, 5.41) is 20.5. The molecule has 2 aromatic heterocycles. The molecule has 45 heavy (non-hydrogen) atoms. The number of carbonyl (C=O) groups excluding carboxylic acids is 4. The van der Waals surface area contributed by atoms with Crippen LogP contribution in [-0.2, 0) is 27.7 Å². The molecule has 0 bridgehead atoms. The fraction of sp³-hybridized carbons (Fsp3) is 0.0714. The minimum absolute atomic E-state index is 0. The summed E-state index contributed by atoms with van der Waals surface area (Å²) in [5.74, 6) is -1.96. The first-order valence-corrected chi connectivity index (χ1v) is 11.2. The summed E-state index contributed by atoms with van der Waals surface area (Å²) >= 11 is 0. The number of amides is 2. The molecule has 2 amide bonds. The van der Waals surface area contributed by atoms with Crippen LogP contribution in [-0.4, -0.2) is 58.9 Å². The van der Waals surface area contributed by atoms with Crippen LogP contribution in [0.1, 0.15) is 41.4 Å².